The van der Waals surface area contributed by atoms with Crippen LogP contribution in [0.3, 0.4) is 0 Å². The molecule has 2 nitrogen and oxygen atoms in total. The molecule has 0 saturated heterocycles. The topological polar surface area (TPSA) is 37.3 Å². The van der Waals surface area contributed by atoms with E-state index >= 15 is 0 Å². The minimum Gasteiger partial charge on any atom is -0.478 e. The fraction of sp³-hybridized carbons (Fsp3) is 0.150. The summed E-state index contributed by atoms with van der Waals surface area (Å²) >= 11 is 0. The normalized spacial score (nSPS) is 13.5. The van der Waals surface area contributed by atoms with Crippen molar-refractivity contribution in [2.75, 3.05) is 0 Å². The molecule has 0 aliphatic rings. The Morgan fingerprint density at radius 1 is 0.955 bits per heavy atom. The lowest BCUT2D eigenvalue weighted by molar-refractivity contribution is -0.132. The van der Waals surface area contributed by atoms with Crippen LogP contribution < -0.4 is 0 Å². The Bertz CT molecular complexity index is 890. The Morgan fingerprint density at radius 2 is 1.55 bits per heavy atom. The number of carboxylic acids is 1. The Morgan fingerprint density at radius 3 is 2.18 bits per heavy atom. The van der Waals surface area contributed by atoms with Gasteiger partial charge in [-0.05, 0) is 52.1 Å². The molecule has 1 unspecified atom stereocenters. The van der Waals surface area contributed by atoms with Crippen molar-refractivity contribution in [3.63, 3.8) is 0 Å². The molecule has 3 aromatic carbocycles. The van der Waals surface area contributed by atoms with Crippen molar-refractivity contribution in [1.82, 2.24) is 0 Å². The van der Waals surface area contributed by atoms with Crippen LogP contribution in [0.5, 0.6) is 0 Å². The van der Waals surface area contributed by atoms with Gasteiger partial charge in [-0.15, -0.1) is 0 Å². The van der Waals surface area contributed by atoms with Crippen LogP contribution in [0, 0.1) is 0 Å². The third kappa shape index (κ3) is 2.73. The van der Waals surface area contributed by atoms with Crippen molar-refractivity contribution in [2.45, 2.75) is 19.8 Å². The molecule has 0 radical (unpaired) electrons. The van der Waals surface area contributed by atoms with Gasteiger partial charge in [-0.2, -0.15) is 0 Å². The van der Waals surface area contributed by atoms with Crippen molar-refractivity contribution < 1.29 is 9.90 Å². The maximum atomic E-state index is 11.0. The summed E-state index contributed by atoms with van der Waals surface area (Å²) in [5, 5.41) is 13.8. The van der Waals surface area contributed by atoms with E-state index in [1.165, 1.54) is 21.5 Å². The van der Waals surface area contributed by atoms with Gasteiger partial charge < -0.3 is 5.11 Å². The average molecular weight is 290 g/mol. The van der Waals surface area contributed by atoms with Gasteiger partial charge in [0.15, 0.2) is 0 Å². The zero-order chi connectivity index (χ0) is 15.7. The highest BCUT2D eigenvalue weighted by molar-refractivity contribution is 5.98. The molecule has 0 saturated carbocycles. The summed E-state index contributed by atoms with van der Waals surface area (Å²) in [4.78, 5) is 11.0. The maximum absolute atomic E-state index is 11.0. The van der Waals surface area contributed by atoms with Crippen molar-refractivity contribution in [1.29, 1.82) is 0 Å². The van der Waals surface area contributed by atoms with E-state index in [0.717, 1.165) is 5.56 Å². The second-order valence-corrected chi connectivity index (χ2v) is 5.75. The number of rotatable bonds is 3. The molecule has 3 aromatic rings. The van der Waals surface area contributed by atoms with Crippen molar-refractivity contribution >= 4 is 27.5 Å². The summed E-state index contributed by atoms with van der Waals surface area (Å²) < 4.78 is 0. The number of allylic oxidation sites excluding steroid dienone is 1. The van der Waals surface area contributed by atoms with Crippen LogP contribution in [-0.2, 0) is 4.79 Å². The highest BCUT2D eigenvalue weighted by Gasteiger charge is 2.08. The van der Waals surface area contributed by atoms with Gasteiger partial charge in [-0.3, -0.25) is 0 Å². The van der Waals surface area contributed by atoms with Crippen LogP contribution in [0.1, 0.15) is 25.3 Å². The molecule has 1 N–H and O–H groups in total. The molecule has 0 heterocycles. The molecular weight excluding hydrogens is 272 g/mol. The fourth-order valence-electron chi connectivity index (χ4n) is 2.78. The largest absolute Gasteiger partial charge is 0.478 e. The van der Waals surface area contributed by atoms with E-state index < -0.39 is 5.97 Å². The Kier molecular flexibility index (Phi) is 3.68. The molecule has 110 valence electrons. The van der Waals surface area contributed by atoms with E-state index in [9.17, 15) is 4.79 Å². The lowest BCUT2D eigenvalue weighted by Crippen LogP contribution is -1.99. The standard InChI is InChI=1S/C20H18O2/c1-13(9-14(2)20(21)22)15-7-8-18-11-16-5-3-4-6-17(16)12-19(18)10-15/h3-13H,1-2H3,(H,21,22). The lowest BCUT2D eigenvalue weighted by Gasteiger charge is -2.10. The molecule has 3 rings (SSSR count). The first-order valence-electron chi connectivity index (χ1n) is 7.39. The van der Waals surface area contributed by atoms with Gasteiger partial charge in [0.1, 0.15) is 0 Å². The van der Waals surface area contributed by atoms with Gasteiger partial charge in [-0.1, -0.05) is 55.5 Å². The zero-order valence-electron chi connectivity index (χ0n) is 12.7. The lowest BCUT2D eigenvalue weighted by atomic mass is 9.95. The van der Waals surface area contributed by atoms with Gasteiger partial charge in [0, 0.05) is 5.57 Å². The summed E-state index contributed by atoms with van der Waals surface area (Å²) in [6.07, 6.45) is 1.80. The van der Waals surface area contributed by atoms with Gasteiger partial charge in [0.2, 0.25) is 0 Å². The molecule has 1 atom stereocenters. The third-order valence-electron chi connectivity index (χ3n) is 4.09. The highest BCUT2D eigenvalue weighted by Crippen LogP contribution is 2.27. The van der Waals surface area contributed by atoms with E-state index in [4.69, 9.17) is 5.11 Å². The number of carbonyl (C=O) groups is 1. The molecule has 0 aliphatic carbocycles. The molecule has 0 fully saturated rings. The first-order valence-corrected chi connectivity index (χ1v) is 7.39. The van der Waals surface area contributed by atoms with E-state index in [0.29, 0.717) is 5.57 Å². The summed E-state index contributed by atoms with van der Waals surface area (Å²) in [6, 6.07) is 19.0. The Balaban J connectivity index is 2.07. The maximum Gasteiger partial charge on any atom is 0.330 e. The summed E-state index contributed by atoms with van der Waals surface area (Å²) in [6.45, 7) is 3.65. The van der Waals surface area contributed by atoms with E-state index in [1.54, 1.807) is 13.0 Å². The number of benzene rings is 3. The monoisotopic (exact) mass is 290 g/mol. The summed E-state index contributed by atoms with van der Waals surface area (Å²) in [5.74, 6) is -0.786. The quantitative estimate of drug-likeness (QED) is 0.536. The molecule has 0 spiro atoms. The molecular formula is C20H18O2. The first kappa shape index (κ1) is 14.3. The average Bonchev–Trinajstić information content (AvgIpc) is 2.52. The molecule has 0 amide bonds. The van der Waals surface area contributed by atoms with E-state index in [2.05, 4.69) is 42.5 Å². The number of fused-ring (bicyclic) bond motifs is 2. The number of hydrogen-bond donors (Lipinski definition) is 1. The Labute approximate surface area is 129 Å². The van der Waals surface area contributed by atoms with Crippen LogP contribution in [0.25, 0.3) is 21.5 Å². The smallest absolute Gasteiger partial charge is 0.330 e. The van der Waals surface area contributed by atoms with Crippen LogP contribution in [0.4, 0.5) is 0 Å². The molecule has 0 aromatic heterocycles. The van der Waals surface area contributed by atoms with Crippen molar-refractivity contribution in [3.05, 3.63) is 71.8 Å². The van der Waals surface area contributed by atoms with E-state index in [1.807, 2.05) is 19.1 Å². The summed E-state index contributed by atoms with van der Waals surface area (Å²) in [5.41, 5.74) is 1.51. The van der Waals surface area contributed by atoms with Crippen molar-refractivity contribution in [2.24, 2.45) is 0 Å². The second-order valence-electron chi connectivity index (χ2n) is 5.75. The highest BCUT2D eigenvalue weighted by atomic mass is 16.4. The van der Waals surface area contributed by atoms with Gasteiger partial charge in [-0.25, -0.2) is 4.79 Å². The third-order valence-corrected chi connectivity index (χ3v) is 4.09. The first-order chi connectivity index (χ1) is 10.5. The van der Waals surface area contributed by atoms with Gasteiger partial charge in [0.25, 0.3) is 0 Å². The minimum atomic E-state index is -0.862. The van der Waals surface area contributed by atoms with Crippen molar-refractivity contribution in [3.8, 4) is 0 Å². The Hall–Kier alpha value is -2.61. The number of hydrogen-bond acceptors (Lipinski definition) is 1. The molecule has 0 aliphatic heterocycles. The second kappa shape index (κ2) is 5.64. The predicted octanol–water partition coefficient (Wildman–Crippen LogP) is 5.13. The van der Waals surface area contributed by atoms with Crippen LogP contribution in [0.15, 0.2) is 66.2 Å². The zero-order valence-corrected chi connectivity index (χ0v) is 12.7. The SMILES string of the molecule is CC(=CC(C)c1ccc2cc3ccccc3cc2c1)C(=O)O. The van der Waals surface area contributed by atoms with Gasteiger partial charge in [0.05, 0.1) is 0 Å². The number of carboxylic acid groups (broad SMARTS) is 1. The van der Waals surface area contributed by atoms with Gasteiger partial charge >= 0.3 is 5.97 Å². The predicted molar refractivity (Wildman–Crippen MR) is 91.3 cm³/mol. The van der Waals surface area contributed by atoms with Crippen LogP contribution >= 0.6 is 0 Å². The molecule has 2 heteroatoms. The summed E-state index contributed by atoms with van der Waals surface area (Å²) in [7, 11) is 0. The number of aliphatic carboxylic acids is 1. The molecule has 22 heavy (non-hydrogen) atoms. The fourth-order valence-corrected chi connectivity index (χ4v) is 2.78. The minimum absolute atomic E-state index is 0.0759. The van der Waals surface area contributed by atoms with E-state index in [-0.39, 0.29) is 5.92 Å². The van der Waals surface area contributed by atoms with Crippen LogP contribution in [0.2, 0.25) is 0 Å². The molecule has 0 bridgehead atoms. The van der Waals surface area contributed by atoms with Crippen LogP contribution in [-0.4, -0.2) is 11.1 Å².